The monoisotopic (exact) mass is 322 g/mol. The Bertz CT molecular complexity index is 690. The molecule has 1 N–H and O–H groups in total. The van der Waals surface area contributed by atoms with Gasteiger partial charge in [-0.05, 0) is 68.6 Å². The molecule has 1 fully saturated rings. The van der Waals surface area contributed by atoms with Crippen LogP contribution in [0.4, 0.5) is 0 Å². The molecule has 1 aliphatic rings. The van der Waals surface area contributed by atoms with Crippen molar-refractivity contribution in [1.82, 2.24) is 10.2 Å². The zero-order valence-electron chi connectivity index (χ0n) is 14.6. The molecule has 1 aliphatic heterocycles. The molecule has 1 atom stereocenters. The Kier molecular flexibility index (Phi) is 5.31. The molecule has 0 aromatic heterocycles. The molecule has 0 aliphatic carbocycles. The summed E-state index contributed by atoms with van der Waals surface area (Å²) in [5.41, 5.74) is 4.39. The van der Waals surface area contributed by atoms with E-state index in [0.717, 1.165) is 24.2 Å². The SMILES string of the molecule is Cc1ccc(C(=O)NCC(c2ccccc2)N2CCCC2)cc1C. The molecule has 3 nitrogen and oxygen atoms in total. The molecule has 3 rings (SSSR count). The van der Waals surface area contributed by atoms with Crippen LogP contribution in [0.25, 0.3) is 0 Å². The molecule has 0 saturated carbocycles. The van der Waals surface area contributed by atoms with Gasteiger partial charge in [-0.2, -0.15) is 0 Å². The second kappa shape index (κ2) is 7.63. The van der Waals surface area contributed by atoms with Gasteiger partial charge in [-0.25, -0.2) is 0 Å². The van der Waals surface area contributed by atoms with E-state index in [2.05, 4.69) is 41.4 Å². The fourth-order valence-electron chi connectivity index (χ4n) is 3.36. The molecule has 0 spiro atoms. The molecule has 24 heavy (non-hydrogen) atoms. The van der Waals surface area contributed by atoms with Crippen LogP contribution in [0.5, 0.6) is 0 Å². The average molecular weight is 322 g/mol. The summed E-state index contributed by atoms with van der Waals surface area (Å²) in [6.07, 6.45) is 2.49. The first kappa shape index (κ1) is 16.7. The minimum atomic E-state index is 0.0122. The van der Waals surface area contributed by atoms with Crippen LogP contribution in [-0.2, 0) is 0 Å². The number of nitrogens with zero attached hydrogens (tertiary/aromatic N) is 1. The summed E-state index contributed by atoms with van der Waals surface area (Å²) in [4.78, 5) is 15.0. The largest absolute Gasteiger partial charge is 0.350 e. The van der Waals surface area contributed by atoms with Crippen LogP contribution in [0, 0.1) is 13.8 Å². The van der Waals surface area contributed by atoms with Crippen molar-refractivity contribution in [1.29, 1.82) is 0 Å². The van der Waals surface area contributed by atoms with E-state index < -0.39 is 0 Å². The summed E-state index contributed by atoms with van der Waals surface area (Å²) in [6, 6.07) is 16.6. The Balaban J connectivity index is 1.71. The van der Waals surface area contributed by atoms with Crippen LogP contribution in [0.1, 0.15) is 45.9 Å². The molecule has 1 amide bonds. The fraction of sp³-hybridized carbons (Fsp3) is 0.381. The summed E-state index contributed by atoms with van der Waals surface area (Å²) < 4.78 is 0. The van der Waals surface area contributed by atoms with Gasteiger partial charge in [-0.1, -0.05) is 36.4 Å². The van der Waals surface area contributed by atoms with Crippen LogP contribution in [-0.4, -0.2) is 30.4 Å². The Hall–Kier alpha value is -2.13. The highest BCUT2D eigenvalue weighted by atomic mass is 16.1. The Morgan fingerprint density at radius 3 is 2.42 bits per heavy atom. The van der Waals surface area contributed by atoms with E-state index in [1.165, 1.54) is 24.0 Å². The molecular weight excluding hydrogens is 296 g/mol. The van der Waals surface area contributed by atoms with E-state index in [1.54, 1.807) is 0 Å². The van der Waals surface area contributed by atoms with Gasteiger partial charge < -0.3 is 5.32 Å². The van der Waals surface area contributed by atoms with Gasteiger partial charge in [0.1, 0.15) is 0 Å². The van der Waals surface area contributed by atoms with Gasteiger partial charge in [0.05, 0.1) is 6.04 Å². The summed E-state index contributed by atoms with van der Waals surface area (Å²) in [5, 5.41) is 3.14. The quantitative estimate of drug-likeness (QED) is 0.906. The molecule has 126 valence electrons. The maximum atomic E-state index is 12.5. The Labute approximate surface area is 144 Å². The number of carbonyl (C=O) groups excluding carboxylic acids is 1. The van der Waals surface area contributed by atoms with E-state index in [4.69, 9.17) is 0 Å². The average Bonchev–Trinajstić information content (AvgIpc) is 3.12. The second-order valence-corrected chi connectivity index (χ2v) is 6.68. The number of nitrogens with one attached hydrogen (secondary N) is 1. The van der Waals surface area contributed by atoms with Crippen molar-refractivity contribution in [3.05, 3.63) is 70.8 Å². The molecule has 0 radical (unpaired) electrons. The lowest BCUT2D eigenvalue weighted by Crippen LogP contribution is -2.36. The number of rotatable bonds is 5. The maximum absolute atomic E-state index is 12.5. The van der Waals surface area contributed by atoms with E-state index in [1.807, 2.05) is 31.2 Å². The molecule has 2 aromatic rings. The summed E-state index contributed by atoms with van der Waals surface area (Å²) in [6.45, 7) is 6.98. The maximum Gasteiger partial charge on any atom is 0.251 e. The van der Waals surface area contributed by atoms with Crippen molar-refractivity contribution in [2.45, 2.75) is 32.7 Å². The summed E-state index contributed by atoms with van der Waals surface area (Å²) >= 11 is 0. The highest BCUT2D eigenvalue weighted by molar-refractivity contribution is 5.94. The highest BCUT2D eigenvalue weighted by Crippen LogP contribution is 2.24. The predicted molar refractivity (Wildman–Crippen MR) is 98.2 cm³/mol. The summed E-state index contributed by atoms with van der Waals surface area (Å²) in [7, 11) is 0. The number of carbonyl (C=O) groups is 1. The molecule has 3 heteroatoms. The van der Waals surface area contributed by atoms with Crippen LogP contribution in [0.15, 0.2) is 48.5 Å². The van der Waals surface area contributed by atoms with Gasteiger partial charge in [0.15, 0.2) is 0 Å². The third-order valence-corrected chi connectivity index (χ3v) is 4.99. The third-order valence-electron chi connectivity index (χ3n) is 4.99. The van der Waals surface area contributed by atoms with E-state index in [0.29, 0.717) is 6.54 Å². The second-order valence-electron chi connectivity index (χ2n) is 6.68. The van der Waals surface area contributed by atoms with Gasteiger partial charge in [0, 0.05) is 12.1 Å². The Morgan fingerprint density at radius 1 is 1.04 bits per heavy atom. The lowest BCUT2D eigenvalue weighted by molar-refractivity contribution is 0.0938. The van der Waals surface area contributed by atoms with Crippen molar-refractivity contribution >= 4 is 5.91 Å². The van der Waals surface area contributed by atoms with E-state index >= 15 is 0 Å². The minimum Gasteiger partial charge on any atom is -0.350 e. The first-order valence-electron chi connectivity index (χ1n) is 8.79. The lowest BCUT2D eigenvalue weighted by atomic mass is 10.0. The molecule has 1 unspecified atom stereocenters. The third kappa shape index (κ3) is 3.85. The lowest BCUT2D eigenvalue weighted by Gasteiger charge is -2.28. The fourth-order valence-corrected chi connectivity index (χ4v) is 3.36. The normalized spacial score (nSPS) is 16.1. The number of hydrogen-bond donors (Lipinski definition) is 1. The minimum absolute atomic E-state index is 0.0122. The molecule has 0 bridgehead atoms. The zero-order chi connectivity index (χ0) is 16.9. The first-order chi connectivity index (χ1) is 11.6. The van der Waals surface area contributed by atoms with E-state index in [-0.39, 0.29) is 11.9 Å². The van der Waals surface area contributed by atoms with Crippen molar-refractivity contribution in [3.8, 4) is 0 Å². The van der Waals surface area contributed by atoms with Gasteiger partial charge in [0.25, 0.3) is 5.91 Å². The Morgan fingerprint density at radius 2 is 1.75 bits per heavy atom. The topological polar surface area (TPSA) is 32.3 Å². The molecule has 2 aromatic carbocycles. The number of hydrogen-bond acceptors (Lipinski definition) is 2. The first-order valence-corrected chi connectivity index (χ1v) is 8.79. The van der Waals surface area contributed by atoms with Crippen LogP contribution in [0.2, 0.25) is 0 Å². The van der Waals surface area contributed by atoms with Gasteiger partial charge in [-0.3, -0.25) is 9.69 Å². The van der Waals surface area contributed by atoms with Gasteiger partial charge >= 0.3 is 0 Å². The summed E-state index contributed by atoms with van der Waals surface area (Å²) in [5.74, 6) is 0.0122. The van der Waals surface area contributed by atoms with Crippen molar-refractivity contribution in [2.24, 2.45) is 0 Å². The molecular formula is C21H26N2O. The number of likely N-dealkylation sites (tertiary alicyclic amines) is 1. The number of amides is 1. The van der Waals surface area contributed by atoms with Crippen molar-refractivity contribution in [3.63, 3.8) is 0 Å². The molecule has 1 saturated heterocycles. The zero-order valence-corrected chi connectivity index (χ0v) is 14.6. The van der Waals surface area contributed by atoms with Crippen molar-refractivity contribution in [2.75, 3.05) is 19.6 Å². The highest BCUT2D eigenvalue weighted by Gasteiger charge is 2.23. The number of aryl methyl sites for hydroxylation is 2. The van der Waals surface area contributed by atoms with Crippen molar-refractivity contribution < 1.29 is 4.79 Å². The van der Waals surface area contributed by atoms with Crippen LogP contribution < -0.4 is 5.32 Å². The van der Waals surface area contributed by atoms with E-state index in [9.17, 15) is 4.79 Å². The number of benzene rings is 2. The van der Waals surface area contributed by atoms with Gasteiger partial charge in [0.2, 0.25) is 0 Å². The van der Waals surface area contributed by atoms with Gasteiger partial charge in [-0.15, -0.1) is 0 Å². The smallest absolute Gasteiger partial charge is 0.251 e. The van der Waals surface area contributed by atoms with Crippen LogP contribution >= 0.6 is 0 Å². The predicted octanol–water partition coefficient (Wildman–Crippen LogP) is 3.87. The molecule has 1 heterocycles. The van der Waals surface area contributed by atoms with Crippen LogP contribution in [0.3, 0.4) is 0 Å². The standard InChI is InChI=1S/C21H26N2O/c1-16-10-11-19(14-17(16)2)21(24)22-15-20(23-12-6-7-13-23)18-8-4-3-5-9-18/h3-5,8-11,14,20H,6-7,12-13,15H2,1-2H3,(H,22,24).